The lowest BCUT2D eigenvalue weighted by molar-refractivity contribution is -0.131. The number of aromatic nitrogens is 2. The van der Waals surface area contributed by atoms with Gasteiger partial charge in [0.2, 0.25) is 5.91 Å². The van der Waals surface area contributed by atoms with E-state index in [1.54, 1.807) is 52.3 Å². The molecule has 0 radical (unpaired) electrons. The normalized spacial score (nSPS) is 18.2. The van der Waals surface area contributed by atoms with Crippen LogP contribution >= 0.6 is 12.6 Å². The molecule has 6 heterocycles. The van der Waals surface area contributed by atoms with Crippen molar-refractivity contribution < 1.29 is 33.4 Å². The molecule has 4 aromatic carbocycles. The van der Waals surface area contributed by atoms with Crippen LogP contribution in [0, 0.1) is 19.7 Å². The summed E-state index contributed by atoms with van der Waals surface area (Å²) in [5.41, 5.74) is 15.5. The molecule has 2 atom stereocenters. The number of nitrogens with zero attached hydrogens (tertiary/aromatic N) is 7. The van der Waals surface area contributed by atoms with Gasteiger partial charge in [0.1, 0.15) is 29.7 Å². The quantitative estimate of drug-likeness (QED) is 0.0974. The summed E-state index contributed by atoms with van der Waals surface area (Å²) in [6, 6.07) is 26.9. The highest BCUT2D eigenvalue weighted by Crippen LogP contribution is 2.41. The molecule has 2 fully saturated rings. The summed E-state index contributed by atoms with van der Waals surface area (Å²) in [4.78, 5) is 55.3. The van der Waals surface area contributed by atoms with Crippen molar-refractivity contribution in [3.05, 3.63) is 147 Å². The van der Waals surface area contributed by atoms with Crippen LogP contribution in [0.1, 0.15) is 84.4 Å². The first-order valence-corrected chi connectivity index (χ1v) is 26.4. The maximum atomic E-state index is 15.9. The van der Waals surface area contributed by atoms with E-state index in [-0.39, 0.29) is 47.7 Å². The number of phenolic OH excluding ortho intramolecular Hbond substituents is 1. The number of amides is 3. The number of thiol groups is 1. The van der Waals surface area contributed by atoms with Crippen LogP contribution in [0.2, 0.25) is 0 Å². The average molecular weight is 1020 g/mol. The SMILES string of the molecule is Cc1c(N(C(=O)c2cc(-c3cc4c(cc3C(=O)N3Cc5ccccc5C(S)[C@H]3CN3CCCCC3)CN(C(=O)Cc3ccc(OCCN5CCOCC5)cc3F)CC4)n(C)c2C)c2ccc(O)cc2)cc(N)n1C. The average Bonchev–Trinajstić information content (AvgIpc) is 3.85. The van der Waals surface area contributed by atoms with E-state index >= 15 is 14.0 Å². The molecule has 10 rings (SSSR count). The van der Waals surface area contributed by atoms with Gasteiger partial charge in [-0.1, -0.05) is 36.8 Å². The third-order valence-corrected chi connectivity index (χ3v) is 16.5. The van der Waals surface area contributed by atoms with Crippen molar-refractivity contribution in [2.75, 3.05) is 76.3 Å². The van der Waals surface area contributed by atoms with Gasteiger partial charge in [-0.25, -0.2) is 4.39 Å². The number of nitrogen functional groups attached to an aromatic ring is 1. The number of likely N-dealkylation sites (tertiary alicyclic amines) is 1. The van der Waals surface area contributed by atoms with Gasteiger partial charge in [-0.05, 0) is 123 Å². The molecule has 1 unspecified atom stereocenters. The number of carbonyl (C=O) groups excluding carboxylic acids is 3. The number of carbonyl (C=O) groups is 3. The summed E-state index contributed by atoms with van der Waals surface area (Å²) in [5, 5.41) is 10.0. The molecule has 74 heavy (non-hydrogen) atoms. The molecule has 3 amide bonds. The predicted octanol–water partition coefficient (Wildman–Crippen LogP) is 8.37. The Labute approximate surface area is 438 Å². The maximum absolute atomic E-state index is 15.9. The number of benzene rings is 4. The van der Waals surface area contributed by atoms with Gasteiger partial charge in [-0.2, -0.15) is 12.6 Å². The Hall–Kier alpha value is -6.59. The molecule has 3 N–H and O–H groups in total. The molecule has 2 saturated heterocycles. The Balaban J connectivity index is 0.998. The fraction of sp³-hybridized carbons (Fsp3) is 0.397. The van der Waals surface area contributed by atoms with Gasteiger partial charge in [0.15, 0.2) is 0 Å². The Morgan fingerprint density at radius 3 is 2.30 bits per heavy atom. The summed E-state index contributed by atoms with van der Waals surface area (Å²) < 4.78 is 30.7. The Morgan fingerprint density at radius 2 is 1.57 bits per heavy atom. The monoisotopic (exact) mass is 1020 g/mol. The Morgan fingerprint density at radius 1 is 0.811 bits per heavy atom. The zero-order valence-corrected chi connectivity index (χ0v) is 43.8. The van der Waals surface area contributed by atoms with Crippen molar-refractivity contribution in [1.29, 1.82) is 0 Å². The van der Waals surface area contributed by atoms with Crippen LogP contribution in [0.25, 0.3) is 11.3 Å². The van der Waals surface area contributed by atoms with Crippen molar-refractivity contribution >= 4 is 47.5 Å². The fourth-order valence-corrected chi connectivity index (χ4v) is 11.7. The number of nitrogens with two attached hydrogens (primary N) is 1. The predicted molar refractivity (Wildman–Crippen MR) is 289 cm³/mol. The minimum absolute atomic E-state index is 0.0701. The van der Waals surface area contributed by atoms with Gasteiger partial charge >= 0.3 is 0 Å². The topological polar surface area (TPSA) is 142 Å². The van der Waals surface area contributed by atoms with Gasteiger partial charge in [-0.3, -0.25) is 24.2 Å². The minimum atomic E-state index is -0.494. The fourth-order valence-electron chi connectivity index (χ4n) is 11.2. The summed E-state index contributed by atoms with van der Waals surface area (Å²) in [7, 11) is 3.76. The number of rotatable bonds is 13. The van der Waals surface area contributed by atoms with Gasteiger partial charge in [0, 0.05) is 111 Å². The first-order chi connectivity index (χ1) is 35.7. The molecule has 4 aliphatic heterocycles. The lowest BCUT2D eigenvalue weighted by atomic mass is 9.89. The highest BCUT2D eigenvalue weighted by Gasteiger charge is 2.39. The molecule has 6 aromatic rings. The van der Waals surface area contributed by atoms with Crippen molar-refractivity contribution in [1.82, 2.24) is 28.7 Å². The molecule has 388 valence electrons. The second kappa shape index (κ2) is 21.7. The number of hydrogen-bond acceptors (Lipinski definition) is 10. The molecular weight excluding hydrogens is 956 g/mol. The Kier molecular flexibility index (Phi) is 14.9. The van der Waals surface area contributed by atoms with E-state index in [1.807, 2.05) is 66.2 Å². The molecule has 0 spiro atoms. The van der Waals surface area contributed by atoms with Gasteiger partial charge < -0.3 is 44.1 Å². The van der Waals surface area contributed by atoms with Crippen molar-refractivity contribution in [3.63, 3.8) is 0 Å². The standard InChI is InChI=1S/C58H67FN8O6S/c1-37-47(58(71)67(43-13-15-44(68)16-14-43)51-33-54(60)62(4)38(51)2)32-52(61(37)3)48-28-39-18-21-65(55(69)30-40-12-17-45(31-50(40)59)73-27-24-63-22-25-72-26-23-63)34-42(39)29-49(48)57(70)66-35-41-10-6-7-11-46(41)56(74)53(66)36-64-19-8-5-9-20-64/h6-7,10-17,28-29,31-33,53,56,68,74H,5,8-9,18-27,30,34-36,60H2,1-4H3/t53-,56?/m1/s1. The summed E-state index contributed by atoms with van der Waals surface area (Å²) >= 11 is 5.28. The third-order valence-electron chi connectivity index (χ3n) is 15.9. The van der Waals surface area contributed by atoms with Gasteiger partial charge in [0.05, 0.1) is 36.9 Å². The van der Waals surface area contributed by atoms with Crippen LogP contribution in [0.15, 0.2) is 91.0 Å². The number of ether oxygens (including phenoxy) is 2. The van der Waals surface area contributed by atoms with E-state index in [4.69, 9.17) is 27.8 Å². The van der Waals surface area contributed by atoms with E-state index in [1.165, 1.54) is 12.5 Å². The third kappa shape index (κ3) is 10.3. The molecule has 0 aliphatic carbocycles. The van der Waals surface area contributed by atoms with E-state index in [0.29, 0.717) is 109 Å². The van der Waals surface area contributed by atoms with Crippen molar-refractivity contribution in [2.45, 2.75) is 70.3 Å². The van der Waals surface area contributed by atoms with E-state index in [9.17, 15) is 9.90 Å². The summed E-state index contributed by atoms with van der Waals surface area (Å²) in [6.45, 7) is 11.6. The molecule has 2 aromatic heterocycles. The lowest BCUT2D eigenvalue weighted by Crippen LogP contribution is -2.52. The van der Waals surface area contributed by atoms with E-state index in [2.05, 4.69) is 28.0 Å². The number of morpholine rings is 1. The lowest BCUT2D eigenvalue weighted by Gasteiger charge is -2.44. The number of hydrogen-bond donors (Lipinski definition) is 3. The van der Waals surface area contributed by atoms with Crippen LogP contribution in [-0.2, 0) is 49.6 Å². The zero-order chi connectivity index (χ0) is 51.8. The largest absolute Gasteiger partial charge is 0.508 e. The van der Waals surface area contributed by atoms with Gasteiger partial charge in [0.25, 0.3) is 11.8 Å². The molecule has 16 heteroatoms. The number of fused-ring (bicyclic) bond motifs is 2. The number of piperidine rings is 1. The van der Waals surface area contributed by atoms with Crippen molar-refractivity contribution in [2.24, 2.45) is 14.1 Å². The molecule has 0 bridgehead atoms. The highest BCUT2D eigenvalue weighted by atomic mass is 32.1. The van der Waals surface area contributed by atoms with E-state index < -0.39 is 5.82 Å². The summed E-state index contributed by atoms with van der Waals surface area (Å²) in [6.07, 6.45) is 3.79. The first-order valence-electron chi connectivity index (χ1n) is 25.9. The maximum Gasteiger partial charge on any atom is 0.264 e. The first kappa shape index (κ1) is 50.9. The summed E-state index contributed by atoms with van der Waals surface area (Å²) in [5.74, 6) is -0.201. The second-order valence-electron chi connectivity index (χ2n) is 20.3. The van der Waals surface area contributed by atoms with Crippen LogP contribution in [-0.4, -0.2) is 123 Å². The highest BCUT2D eigenvalue weighted by molar-refractivity contribution is 7.80. The molecule has 4 aliphatic rings. The van der Waals surface area contributed by atoms with Crippen LogP contribution in [0.3, 0.4) is 0 Å². The van der Waals surface area contributed by atoms with E-state index in [0.717, 1.165) is 67.0 Å². The second-order valence-corrected chi connectivity index (χ2v) is 20.9. The molecule has 0 saturated carbocycles. The number of halogens is 1. The number of anilines is 3. The number of aromatic hydroxyl groups is 1. The smallest absolute Gasteiger partial charge is 0.264 e. The van der Waals surface area contributed by atoms with Crippen LogP contribution in [0.5, 0.6) is 11.5 Å². The van der Waals surface area contributed by atoms with Crippen LogP contribution in [0.4, 0.5) is 21.6 Å². The van der Waals surface area contributed by atoms with Crippen LogP contribution < -0.4 is 15.4 Å². The molecular formula is C58H67FN8O6S. The number of phenols is 1. The van der Waals surface area contributed by atoms with Crippen molar-refractivity contribution in [3.8, 4) is 22.8 Å². The minimum Gasteiger partial charge on any atom is -0.508 e. The Bertz CT molecular complexity index is 3070. The van der Waals surface area contributed by atoms with Gasteiger partial charge in [-0.15, -0.1) is 0 Å². The zero-order valence-electron chi connectivity index (χ0n) is 42.9. The molecule has 14 nitrogen and oxygen atoms in total.